The Balaban J connectivity index is 2.25. The van der Waals surface area contributed by atoms with Crippen molar-refractivity contribution in [2.75, 3.05) is 13.1 Å². The lowest BCUT2D eigenvalue weighted by atomic mass is 9.99. The first-order valence-electron chi connectivity index (χ1n) is 5.47. The number of halogens is 1. The molecule has 1 aliphatic heterocycles. The number of hydrogen-bond donors (Lipinski definition) is 1. The van der Waals surface area contributed by atoms with Crippen molar-refractivity contribution in [1.29, 1.82) is 0 Å². The highest BCUT2D eigenvalue weighted by molar-refractivity contribution is 5.81. The van der Waals surface area contributed by atoms with Crippen LogP contribution in [0, 0.1) is 5.82 Å². The smallest absolute Gasteiger partial charge is 0.130 e. The second-order valence-electron chi connectivity index (χ2n) is 3.83. The first kappa shape index (κ1) is 11.0. The van der Waals surface area contributed by atoms with Crippen molar-refractivity contribution in [3.63, 3.8) is 0 Å². The number of rotatable bonds is 3. The molecule has 0 radical (unpaired) electrons. The van der Waals surface area contributed by atoms with Gasteiger partial charge in [-0.3, -0.25) is 4.99 Å². The zero-order valence-corrected chi connectivity index (χ0v) is 9.12. The maximum absolute atomic E-state index is 13.8. The second kappa shape index (κ2) is 5.03. The summed E-state index contributed by atoms with van der Waals surface area (Å²) in [4.78, 5) is 4.09. The van der Waals surface area contributed by atoms with E-state index in [1.165, 1.54) is 0 Å². The van der Waals surface area contributed by atoms with E-state index >= 15 is 0 Å². The summed E-state index contributed by atoms with van der Waals surface area (Å²) in [6.45, 7) is 1.20. The van der Waals surface area contributed by atoms with Gasteiger partial charge in [-0.05, 0) is 30.2 Å². The van der Waals surface area contributed by atoms with Gasteiger partial charge in [-0.1, -0.05) is 18.2 Å². The molecule has 0 spiro atoms. The van der Waals surface area contributed by atoms with E-state index in [1.807, 2.05) is 24.4 Å². The first-order chi connectivity index (χ1) is 7.81. The molecule has 0 bridgehead atoms. The van der Waals surface area contributed by atoms with Crippen LogP contribution < -0.4 is 5.73 Å². The van der Waals surface area contributed by atoms with Crippen LogP contribution in [-0.2, 0) is 6.42 Å². The molecule has 2 nitrogen and oxygen atoms in total. The summed E-state index contributed by atoms with van der Waals surface area (Å²) >= 11 is 0. The quantitative estimate of drug-likeness (QED) is 0.829. The van der Waals surface area contributed by atoms with Gasteiger partial charge >= 0.3 is 0 Å². The van der Waals surface area contributed by atoms with Gasteiger partial charge in [0.15, 0.2) is 0 Å². The Morgan fingerprint density at radius 3 is 2.88 bits per heavy atom. The summed E-state index contributed by atoms with van der Waals surface area (Å²) in [5, 5.41) is 0. The molecule has 0 aromatic heterocycles. The van der Waals surface area contributed by atoms with Crippen molar-refractivity contribution < 1.29 is 4.39 Å². The van der Waals surface area contributed by atoms with Gasteiger partial charge < -0.3 is 5.73 Å². The number of dihydropyridines is 1. The van der Waals surface area contributed by atoms with Crippen LogP contribution in [0.5, 0.6) is 0 Å². The van der Waals surface area contributed by atoms with Crippen molar-refractivity contribution >= 4 is 11.8 Å². The molecule has 1 heterocycles. The third-order valence-electron chi connectivity index (χ3n) is 2.70. The summed E-state index contributed by atoms with van der Waals surface area (Å²) < 4.78 is 13.8. The van der Waals surface area contributed by atoms with Crippen LogP contribution in [0.25, 0.3) is 5.57 Å². The van der Waals surface area contributed by atoms with E-state index in [1.54, 1.807) is 6.07 Å². The predicted molar refractivity (Wildman–Crippen MR) is 65.1 cm³/mol. The van der Waals surface area contributed by atoms with Crippen molar-refractivity contribution in [2.24, 2.45) is 10.7 Å². The average Bonchev–Trinajstić information content (AvgIpc) is 2.31. The molecule has 1 aromatic carbocycles. The molecule has 0 atom stereocenters. The van der Waals surface area contributed by atoms with Gasteiger partial charge in [-0.25, -0.2) is 4.39 Å². The fourth-order valence-electron chi connectivity index (χ4n) is 1.84. The Labute approximate surface area is 94.7 Å². The molecular formula is C13H15FN2. The predicted octanol–water partition coefficient (Wildman–Crippen LogP) is 2.18. The fourth-order valence-corrected chi connectivity index (χ4v) is 1.84. The zero-order chi connectivity index (χ0) is 11.4. The van der Waals surface area contributed by atoms with E-state index in [0.717, 1.165) is 17.6 Å². The van der Waals surface area contributed by atoms with E-state index in [2.05, 4.69) is 4.99 Å². The first-order valence-corrected chi connectivity index (χ1v) is 5.47. The molecule has 0 fully saturated rings. The molecule has 0 aliphatic carbocycles. The molecule has 0 amide bonds. The lowest BCUT2D eigenvalue weighted by Crippen LogP contribution is -2.04. The maximum atomic E-state index is 13.8. The molecule has 0 unspecified atom stereocenters. The molecule has 2 N–H and O–H groups in total. The summed E-state index contributed by atoms with van der Waals surface area (Å²) in [5.41, 5.74) is 8.10. The molecule has 1 aromatic rings. The normalized spacial score (nSPS) is 15.0. The van der Waals surface area contributed by atoms with Crippen LogP contribution in [-0.4, -0.2) is 19.3 Å². The minimum absolute atomic E-state index is 0.160. The minimum atomic E-state index is -0.160. The number of aliphatic imine (C=N–C) groups is 1. The Hall–Kier alpha value is -1.48. The number of allylic oxidation sites excluding steroid dienone is 1. The molecule has 1 aliphatic rings. The molecule has 2 rings (SSSR count). The van der Waals surface area contributed by atoms with E-state index in [4.69, 9.17) is 5.73 Å². The summed E-state index contributed by atoms with van der Waals surface area (Å²) in [5.74, 6) is -0.160. The standard InChI is InChI=1S/C13H15FN2/c14-13-9-10(3-6-15)1-2-12(13)11-4-7-16-8-5-11/h1-2,4,8-9H,3,5-7,15H2. The number of benzene rings is 1. The lowest BCUT2D eigenvalue weighted by Gasteiger charge is -2.10. The van der Waals surface area contributed by atoms with E-state index in [9.17, 15) is 4.39 Å². The molecular weight excluding hydrogens is 203 g/mol. The average molecular weight is 218 g/mol. The van der Waals surface area contributed by atoms with Crippen molar-refractivity contribution in [1.82, 2.24) is 0 Å². The third-order valence-corrected chi connectivity index (χ3v) is 2.70. The molecule has 0 saturated carbocycles. The molecule has 3 heteroatoms. The Kier molecular flexibility index (Phi) is 3.47. The van der Waals surface area contributed by atoms with E-state index < -0.39 is 0 Å². The van der Waals surface area contributed by atoms with Gasteiger partial charge in [-0.15, -0.1) is 0 Å². The highest BCUT2D eigenvalue weighted by atomic mass is 19.1. The van der Waals surface area contributed by atoms with Crippen molar-refractivity contribution in [3.05, 3.63) is 41.2 Å². The van der Waals surface area contributed by atoms with Gasteiger partial charge in [0.1, 0.15) is 5.82 Å². The maximum Gasteiger partial charge on any atom is 0.130 e. The van der Waals surface area contributed by atoms with Crippen LogP contribution in [0.15, 0.2) is 29.3 Å². The van der Waals surface area contributed by atoms with Crippen LogP contribution in [0.2, 0.25) is 0 Å². The number of hydrogen-bond acceptors (Lipinski definition) is 2. The van der Waals surface area contributed by atoms with Crippen LogP contribution in [0.4, 0.5) is 4.39 Å². The topological polar surface area (TPSA) is 38.4 Å². The molecule has 84 valence electrons. The Morgan fingerprint density at radius 2 is 2.25 bits per heavy atom. The van der Waals surface area contributed by atoms with Gasteiger partial charge in [0, 0.05) is 18.2 Å². The lowest BCUT2D eigenvalue weighted by molar-refractivity contribution is 0.621. The second-order valence-corrected chi connectivity index (χ2v) is 3.83. The number of nitrogens with zero attached hydrogens (tertiary/aromatic N) is 1. The van der Waals surface area contributed by atoms with E-state index in [-0.39, 0.29) is 5.82 Å². The van der Waals surface area contributed by atoms with Gasteiger partial charge in [0.05, 0.1) is 6.54 Å². The van der Waals surface area contributed by atoms with Crippen LogP contribution >= 0.6 is 0 Å². The summed E-state index contributed by atoms with van der Waals surface area (Å²) in [6, 6.07) is 5.36. The molecule has 16 heavy (non-hydrogen) atoms. The Bertz CT molecular complexity index is 436. The Morgan fingerprint density at radius 1 is 1.38 bits per heavy atom. The third kappa shape index (κ3) is 2.36. The van der Waals surface area contributed by atoms with Gasteiger partial charge in [0.25, 0.3) is 0 Å². The van der Waals surface area contributed by atoms with Crippen LogP contribution in [0.3, 0.4) is 0 Å². The largest absolute Gasteiger partial charge is 0.330 e. The summed E-state index contributed by atoms with van der Waals surface area (Å²) in [6.07, 6.45) is 5.24. The summed E-state index contributed by atoms with van der Waals surface area (Å²) in [7, 11) is 0. The minimum Gasteiger partial charge on any atom is -0.330 e. The number of nitrogens with two attached hydrogens (primary N) is 1. The highest BCUT2D eigenvalue weighted by Crippen LogP contribution is 2.23. The highest BCUT2D eigenvalue weighted by Gasteiger charge is 2.09. The van der Waals surface area contributed by atoms with Crippen molar-refractivity contribution in [3.8, 4) is 0 Å². The SMILES string of the molecule is NCCc1ccc(C2=CCN=CC2)c(F)c1. The van der Waals surface area contributed by atoms with Gasteiger partial charge in [-0.2, -0.15) is 0 Å². The fraction of sp³-hybridized carbons (Fsp3) is 0.308. The van der Waals surface area contributed by atoms with Crippen LogP contribution in [0.1, 0.15) is 17.5 Å². The van der Waals surface area contributed by atoms with E-state index in [0.29, 0.717) is 25.1 Å². The monoisotopic (exact) mass is 218 g/mol. The molecule has 0 saturated heterocycles. The van der Waals surface area contributed by atoms with Gasteiger partial charge in [0.2, 0.25) is 0 Å². The zero-order valence-electron chi connectivity index (χ0n) is 9.12. The van der Waals surface area contributed by atoms with Crippen molar-refractivity contribution in [2.45, 2.75) is 12.8 Å².